The zero-order chi connectivity index (χ0) is 25.5. The molecule has 4 rings (SSSR count). The molecule has 0 radical (unpaired) electrons. The van der Waals surface area contributed by atoms with E-state index in [1.165, 1.54) is 12.7 Å². The maximum atomic E-state index is 12.0. The topological polar surface area (TPSA) is 127 Å². The van der Waals surface area contributed by atoms with E-state index in [4.69, 9.17) is 4.74 Å². The quantitative estimate of drug-likeness (QED) is 0.403. The number of hydrogen-bond acceptors (Lipinski definition) is 7. The van der Waals surface area contributed by atoms with Crippen molar-refractivity contribution in [3.63, 3.8) is 0 Å². The van der Waals surface area contributed by atoms with Gasteiger partial charge in [-0.05, 0) is 67.7 Å². The van der Waals surface area contributed by atoms with Crippen molar-refractivity contribution in [1.29, 1.82) is 5.26 Å². The smallest absolute Gasteiger partial charge is 0.409 e. The first-order valence-electron chi connectivity index (χ1n) is 12.4. The summed E-state index contributed by atoms with van der Waals surface area (Å²) in [5.41, 5.74) is 4.59. The Balaban J connectivity index is 1.52. The summed E-state index contributed by atoms with van der Waals surface area (Å²) in [6.45, 7) is 3.38. The molecule has 1 amide bonds. The third-order valence-corrected chi connectivity index (χ3v) is 7.15. The minimum absolute atomic E-state index is 0.00624. The lowest BCUT2D eigenvalue weighted by molar-refractivity contribution is 0.0690. The van der Waals surface area contributed by atoms with Gasteiger partial charge < -0.3 is 25.0 Å². The standard InChI is InChI=1S/C27H34N6O3/c1-19-7-8-23-24(29-19)32-25(31-23)30-22(9-13-28)21-6-3-5-20(17-21)18-27(10-4-16-34)11-14-33(15-12-27)26(35)36-2/h3,5-8,17,22,34H,4,9-12,14-16,18H2,1-2H3,(H2,29,30,31,32)/t22-/m1/s1. The molecule has 190 valence electrons. The van der Waals surface area contributed by atoms with Gasteiger partial charge in [-0.1, -0.05) is 24.3 Å². The van der Waals surface area contributed by atoms with Gasteiger partial charge in [0.15, 0.2) is 5.65 Å². The van der Waals surface area contributed by atoms with Crippen LogP contribution in [-0.2, 0) is 11.2 Å². The van der Waals surface area contributed by atoms with Gasteiger partial charge in [0.1, 0.15) is 0 Å². The number of carbonyl (C=O) groups is 1. The van der Waals surface area contributed by atoms with Gasteiger partial charge in [-0.3, -0.25) is 0 Å². The number of methoxy groups -OCH3 is 1. The van der Waals surface area contributed by atoms with Crippen LogP contribution in [0, 0.1) is 23.7 Å². The van der Waals surface area contributed by atoms with E-state index < -0.39 is 0 Å². The Labute approximate surface area is 211 Å². The average Bonchev–Trinajstić information content (AvgIpc) is 3.29. The third-order valence-electron chi connectivity index (χ3n) is 7.15. The Bertz CT molecular complexity index is 1230. The first-order chi connectivity index (χ1) is 17.4. The second kappa shape index (κ2) is 11.4. The van der Waals surface area contributed by atoms with Crippen molar-refractivity contribution >= 4 is 23.2 Å². The second-order valence-corrected chi connectivity index (χ2v) is 9.67. The van der Waals surface area contributed by atoms with Crippen LogP contribution in [0.15, 0.2) is 36.4 Å². The number of nitrogens with zero attached hydrogens (tertiary/aromatic N) is 4. The number of aryl methyl sites for hydroxylation is 1. The van der Waals surface area contributed by atoms with E-state index in [1.807, 2.05) is 31.2 Å². The molecule has 1 fully saturated rings. The molecule has 0 aliphatic carbocycles. The van der Waals surface area contributed by atoms with Gasteiger partial charge in [-0.25, -0.2) is 9.78 Å². The van der Waals surface area contributed by atoms with Gasteiger partial charge in [0, 0.05) is 25.4 Å². The molecule has 9 heteroatoms. The Morgan fingerprint density at radius 3 is 2.83 bits per heavy atom. The van der Waals surface area contributed by atoms with Crippen molar-refractivity contribution in [2.75, 3.05) is 32.1 Å². The number of fused-ring (bicyclic) bond motifs is 1. The fraction of sp³-hybridized carbons (Fsp3) is 0.481. The van der Waals surface area contributed by atoms with Crippen LogP contribution in [0.3, 0.4) is 0 Å². The maximum Gasteiger partial charge on any atom is 0.409 e. The van der Waals surface area contributed by atoms with E-state index >= 15 is 0 Å². The number of aliphatic hydroxyl groups is 1. The molecular weight excluding hydrogens is 456 g/mol. The highest BCUT2D eigenvalue weighted by Crippen LogP contribution is 2.40. The SMILES string of the molecule is COC(=O)N1CCC(CCCO)(Cc2cccc([C@@H](CC#N)Nc3nc4nc(C)ccc4[nH]3)c2)CC1. The van der Waals surface area contributed by atoms with Crippen molar-refractivity contribution in [1.82, 2.24) is 19.9 Å². The lowest BCUT2D eigenvalue weighted by Crippen LogP contribution is -2.44. The fourth-order valence-corrected chi connectivity index (χ4v) is 5.18. The maximum absolute atomic E-state index is 12.0. The number of piperidine rings is 1. The van der Waals surface area contributed by atoms with E-state index in [0.29, 0.717) is 24.7 Å². The van der Waals surface area contributed by atoms with Gasteiger partial charge in [-0.15, -0.1) is 0 Å². The lowest BCUT2D eigenvalue weighted by Gasteiger charge is -2.42. The summed E-state index contributed by atoms with van der Waals surface area (Å²) < 4.78 is 4.90. The third kappa shape index (κ3) is 5.94. The highest BCUT2D eigenvalue weighted by Gasteiger charge is 2.36. The van der Waals surface area contributed by atoms with Gasteiger partial charge in [0.2, 0.25) is 5.95 Å². The Morgan fingerprint density at radius 1 is 1.31 bits per heavy atom. The number of pyridine rings is 1. The monoisotopic (exact) mass is 490 g/mol. The predicted octanol–water partition coefficient (Wildman–Crippen LogP) is 4.50. The predicted molar refractivity (Wildman–Crippen MR) is 137 cm³/mol. The average molecular weight is 491 g/mol. The normalized spacial score (nSPS) is 15.9. The number of aromatic amines is 1. The molecule has 1 aromatic carbocycles. The molecule has 3 N–H and O–H groups in total. The lowest BCUT2D eigenvalue weighted by atomic mass is 9.70. The number of anilines is 1. The number of hydrogen-bond donors (Lipinski definition) is 3. The van der Waals surface area contributed by atoms with E-state index in [9.17, 15) is 15.2 Å². The van der Waals surface area contributed by atoms with Crippen LogP contribution in [0.2, 0.25) is 0 Å². The number of amides is 1. The molecule has 36 heavy (non-hydrogen) atoms. The van der Waals surface area contributed by atoms with Crippen LogP contribution < -0.4 is 5.32 Å². The molecular formula is C27H34N6O3. The minimum Gasteiger partial charge on any atom is -0.453 e. The summed E-state index contributed by atoms with van der Waals surface area (Å²) in [5.74, 6) is 0.586. The molecule has 0 saturated carbocycles. The van der Waals surface area contributed by atoms with Crippen LogP contribution in [0.5, 0.6) is 0 Å². The molecule has 3 aromatic rings. The van der Waals surface area contributed by atoms with Crippen molar-refractivity contribution < 1.29 is 14.6 Å². The van der Waals surface area contributed by atoms with Gasteiger partial charge in [0.05, 0.1) is 31.2 Å². The number of imidazole rings is 1. The molecule has 1 aliphatic rings. The van der Waals surface area contributed by atoms with Crippen molar-refractivity contribution in [3.05, 3.63) is 53.2 Å². The summed E-state index contributed by atoms with van der Waals surface area (Å²) in [4.78, 5) is 26.0. The highest BCUT2D eigenvalue weighted by atomic mass is 16.5. The molecule has 0 spiro atoms. The minimum atomic E-state index is -0.283. The number of benzene rings is 1. The summed E-state index contributed by atoms with van der Waals surface area (Å²) >= 11 is 0. The number of carbonyl (C=O) groups excluding carboxylic acids is 1. The van der Waals surface area contributed by atoms with E-state index in [-0.39, 0.29) is 30.6 Å². The Morgan fingerprint density at radius 2 is 2.11 bits per heavy atom. The zero-order valence-electron chi connectivity index (χ0n) is 21.0. The van der Waals surface area contributed by atoms with Crippen LogP contribution in [0.1, 0.15) is 55.0 Å². The number of ether oxygens (including phenoxy) is 1. The van der Waals surface area contributed by atoms with Crippen LogP contribution in [-0.4, -0.2) is 57.9 Å². The number of aliphatic hydroxyl groups excluding tert-OH is 1. The summed E-state index contributed by atoms with van der Waals surface area (Å²) in [6.07, 6.45) is 4.20. The van der Waals surface area contributed by atoms with Crippen LogP contribution in [0.4, 0.5) is 10.7 Å². The number of aromatic nitrogens is 3. The van der Waals surface area contributed by atoms with Gasteiger partial charge >= 0.3 is 6.09 Å². The van der Waals surface area contributed by atoms with Crippen molar-refractivity contribution in [3.8, 4) is 6.07 Å². The summed E-state index contributed by atoms with van der Waals surface area (Å²) in [5, 5.41) is 22.4. The second-order valence-electron chi connectivity index (χ2n) is 9.67. The number of likely N-dealkylation sites (tertiary alicyclic amines) is 1. The molecule has 1 aliphatic heterocycles. The van der Waals surface area contributed by atoms with Crippen LogP contribution >= 0.6 is 0 Å². The van der Waals surface area contributed by atoms with E-state index in [2.05, 4.69) is 38.5 Å². The van der Waals surface area contributed by atoms with Crippen LogP contribution in [0.25, 0.3) is 11.2 Å². The summed E-state index contributed by atoms with van der Waals surface area (Å²) in [6, 6.07) is 14.3. The first kappa shape index (κ1) is 25.5. The molecule has 1 saturated heterocycles. The molecule has 3 heterocycles. The molecule has 2 aromatic heterocycles. The largest absolute Gasteiger partial charge is 0.453 e. The zero-order valence-corrected chi connectivity index (χ0v) is 21.0. The first-order valence-corrected chi connectivity index (χ1v) is 12.4. The number of H-pyrrole nitrogens is 1. The van der Waals surface area contributed by atoms with Crippen molar-refractivity contribution in [2.45, 2.75) is 51.5 Å². The number of nitrogens with one attached hydrogen (secondary N) is 2. The van der Waals surface area contributed by atoms with Crippen molar-refractivity contribution in [2.24, 2.45) is 5.41 Å². The number of rotatable bonds is 9. The fourth-order valence-electron chi connectivity index (χ4n) is 5.18. The Hall–Kier alpha value is -3.64. The molecule has 9 nitrogen and oxygen atoms in total. The van der Waals surface area contributed by atoms with Gasteiger partial charge in [-0.2, -0.15) is 10.2 Å². The highest BCUT2D eigenvalue weighted by molar-refractivity contribution is 5.73. The Kier molecular flexibility index (Phi) is 8.06. The number of nitriles is 1. The molecule has 0 unspecified atom stereocenters. The van der Waals surface area contributed by atoms with Gasteiger partial charge in [0.25, 0.3) is 0 Å². The van der Waals surface area contributed by atoms with E-state index in [0.717, 1.165) is 48.9 Å². The molecule has 0 bridgehead atoms. The molecule has 1 atom stereocenters. The van der Waals surface area contributed by atoms with E-state index in [1.54, 1.807) is 4.90 Å². The summed E-state index contributed by atoms with van der Waals surface area (Å²) in [7, 11) is 1.41.